The van der Waals surface area contributed by atoms with Crippen molar-refractivity contribution < 1.29 is 34.1 Å². The average Bonchev–Trinajstić information content (AvgIpc) is 3.06. The molecular formula is C22H35N3O7S. The fourth-order valence-electron chi connectivity index (χ4n) is 4.92. The van der Waals surface area contributed by atoms with E-state index in [9.17, 15) is 24.3 Å². The van der Waals surface area contributed by atoms with Crippen molar-refractivity contribution in [2.24, 2.45) is 5.92 Å². The van der Waals surface area contributed by atoms with Crippen LogP contribution in [0.15, 0.2) is 0 Å². The molecule has 2 amide bonds. The number of carbonyl (C=O) groups is 4. The Hall–Kier alpha value is -1.69. The van der Waals surface area contributed by atoms with Gasteiger partial charge in [0, 0.05) is 6.54 Å². The third-order valence-corrected chi connectivity index (χ3v) is 7.95. The highest BCUT2D eigenvalue weighted by Gasteiger charge is 2.47. The standard InChI is InChI=1S/C22H35N3O7S/c1-24(18-4-2-3-9-23-18)10-11-32-15-7-5-14(6-8-15)12-17-20(28)25(22(31)33-17)16(21(29)30)13-19(26)27/h14-18,23H,2-13H2,1H3,(H,26,27)(H,29,30). The Morgan fingerprint density at radius 2 is 1.91 bits per heavy atom. The first-order valence-electron chi connectivity index (χ1n) is 11.8. The molecule has 11 heteroatoms. The number of thioether (sulfide) groups is 1. The summed E-state index contributed by atoms with van der Waals surface area (Å²) in [4.78, 5) is 50.3. The van der Waals surface area contributed by atoms with Crippen LogP contribution in [0, 0.1) is 5.92 Å². The summed E-state index contributed by atoms with van der Waals surface area (Å²) in [5, 5.41) is 20.4. The van der Waals surface area contributed by atoms with Crippen molar-refractivity contribution in [3.8, 4) is 0 Å². The minimum Gasteiger partial charge on any atom is -0.481 e. The molecule has 186 valence electrons. The van der Waals surface area contributed by atoms with Gasteiger partial charge in [0.1, 0.15) is 6.04 Å². The molecule has 1 aliphatic carbocycles. The molecule has 1 saturated carbocycles. The van der Waals surface area contributed by atoms with Crippen molar-refractivity contribution in [1.82, 2.24) is 15.1 Å². The number of likely N-dealkylation sites (N-methyl/N-ethyl adjacent to an activating group) is 1. The number of carboxylic acids is 2. The summed E-state index contributed by atoms with van der Waals surface area (Å²) in [7, 11) is 2.12. The molecule has 0 bridgehead atoms. The molecule has 3 fully saturated rings. The zero-order valence-electron chi connectivity index (χ0n) is 19.1. The van der Waals surface area contributed by atoms with Gasteiger partial charge < -0.3 is 20.3 Å². The predicted molar refractivity (Wildman–Crippen MR) is 122 cm³/mol. The van der Waals surface area contributed by atoms with Gasteiger partial charge in [0.15, 0.2) is 0 Å². The van der Waals surface area contributed by atoms with E-state index in [-0.39, 0.29) is 12.0 Å². The number of nitrogens with one attached hydrogen (secondary N) is 1. The summed E-state index contributed by atoms with van der Waals surface area (Å²) in [6.45, 7) is 2.63. The maximum atomic E-state index is 12.7. The van der Waals surface area contributed by atoms with E-state index in [2.05, 4.69) is 17.3 Å². The van der Waals surface area contributed by atoms with E-state index in [4.69, 9.17) is 9.84 Å². The Bertz CT molecular complexity index is 723. The van der Waals surface area contributed by atoms with Gasteiger partial charge in [-0.15, -0.1) is 0 Å². The van der Waals surface area contributed by atoms with E-state index >= 15 is 0 Å². The number of hydrogen-bond acceptors (Lipinski definition) is 8. The van der Waals surface area contributed by atoms with Gasteiger partial charge in [-0.2, -0.15) is 0 Å². The molecule has 0 spiro atoms. The molecule has 3 rings (SSSR count). The van der Waals surface area contributed by atoms with Gasteiger partial charge in [-0.25, -0.2) is 4.79 Å². The van der Waals surface area contributed by atoms with Crippen molar-refractivity contribution in [2.75, 3.05) is 26.7 Å². The summed E-state index contributed by atoms with van der Waals surface area (Å²) < 4.78 is 6.09. The average molecular weight is 486 g/mol. The SMILES string of the molecule is CN(CCOC1CCC(CC2SC(=O)N(C(CC(=O)O)C(=O)O)C2=O)CC1)C1CCCCN1. The summed E-state index contributed by atoms with van der Waals surface area (Å²) in [5.41, 5.74) is 0. The molecule has 3 atom stereocenters. The first kappa shape index (κ1) is 25.9. The molecule has 2 aliphatic heterocycles. The monoisotopic (exact) mass is 485 g/mol. The summed E-state index contributed by atoms with van der Waals surface area (Å²) >= 11 is 0.818. The number of carbonyl (C=O) groups excluding carboxylic acids is 2. The number of amides is 2. The predicted octanol–water partition coefficient (Wildman–Crippen LogP) is 1.98. The van der Waals surface area contributed by atoms with Crippen LogP contribution in [-0.4, -0.2) is 93.4 Å². The number of rotatable bonds is 11. The largest absolute Gasteiger partial charge is 0.481 e. The van der Waals surface area contributed by atoms with Crippen LogP contribution in [0.4, 0.5) is 4.79 Å². The molecule has 0 aromatic heterocycles. The zero-order chi connectivity index (χ0) is 24.0. The smallest absolute Gasteiger partial charge is 0.327 e. The van der Waals surface area contributed by atoms with Gasteiger partial charge in [-0.1, -0.05) is 11.8 Å². The van der Waals surface area contributed by atoms with Crippen LogP contribution in [0.5, 0.6) is 0 Å². The topological polar surface area (TPSA) is 136 Å². The van der Waals surface area contributed by atoms with Gasteiger partial charge in [0.05, 0.1) is 30.5 Å². The summed E-state index contributed by atoms with van der Waals surface area (Å²) in [6, 6.07) is -1.66. The molecule has 0 radical (unpaired) electrons. The number of hydrogen-bond donors (Lipinski definition) is 3. The third kappa shape index (κ3) is 7.14. The highest BCUT2D eigenvalue weighted by atomic mass is 32.2. The number of aliphatic carboxylic acids is 2. The second-order valence-electron chi connectivity index (χ2n) is 9.23. The minimum atomic E-state index is -1.66. The Morgan fingerprint density at radius 3 is 2.52 bits per heavy atom. The quantitative estimate of drug-likeness (QED) is 0.398. The normalized spacial score (nSPS) is 29.5. The van der Waals surface area contributed by atoms with E-state index < -0.39 is 40.8 Å². The molecule has 3 aliphatic rings. The number of piperidine rings is 1. The van der Waals surface area contributed by atoms with Crippen molar-refractivity contribution in [3.05, 3.63) is 0 Å². The molecule has 3 N–H and O–H groups in total. The first-order chi connectivity index (χ1) is 15.8. The highest BCUT2D eigenvalue weighted by Crippen LogP contribution is 2.38. The first-order valence-corrected chi connectivity index (χ1v) is 12.7. The highest BCUT2D eigenvalue weighted by molar-refractivity contribution is 8.15. The lowest BCUT2D eigenvalue weighted by Gasteiger charge is -2.33. The van der Waals surface area contributed by atoms with Crippen LogP contribution in [0.3, 0.4) is 0 Å². The lowest BCUT2D eigenvalue weighted by atomic mass is 9.84. The summed E-state index contributed by atoms with van der Waals surface area (Å²) in [6.07, 6.45) is 7.57. The van der Waals surface area contributed by atoms with Crippen molar-refractivity contribution in [2.45, 2.75) is 81.3 Å². The Labute approximate surface area is 198 Å². The van der Waals surface area contributed by atoms with Gasteiger partial charge in [0.2, 0.25) is 5.91 Å². The molecule has 2 saturated heterocycles. The van der Waals surface area contributed by atoms with Crippen LogP contribution in [-0.2, 0) is 19.1 Å². The Morgan fingerprint density at radius 1 is 1.18 bits per heavy atom. The molecule has 33 heavy (non-hydrogen) atoms. The van der Waals surface area contributed by atoms with E-state index in [0.717, 1.165) is 50.5 Å². The molecule has 0 aromatic rings. The molecular weight excluding hydrogens is 450 g/mol. The number of ether oxygens (including phenoxy) is 1. The van der Waals surface area contributed by atoms with Crippen LogP contribution < -0.4 is 5.32 Å². The second-order valence-corrected chi connectivity index (χ2v) is 10.4. The van der Waals surface area contributed by atoms with E-state index in [0.29, 0.717) is 24.1 Å². The zero-order valence-corrected chi connectivity index (χ0v) is 19.9. The van der Waals surface area contributed by atoms with E-state index in [1.807, 2.05) is 0 Å². The van der Waals surface area contributed by atoms with Crippen LogP contribution in [0.1, 0.15) is 57.8 Å². The van der Waals surface area contributed by atoms with Gasteiger partial charge in [-0.3, -0.25) is 24.2 Å². The van der Waals surface area contributed by atoms with Crippen molar-refractivity contribution >= 4 is 34.8 Å². The fraction of sp³-hybridized carbons (Fsp3) is 0.818. The molecule has 0 aromatic carbocycles. The molecule has 3 unspecified atom stereocenters. The number of nitrogens with zero attached hydrogens (tertiary/aromatic N) is 2. The number of carboxylic acid groups (broad SMARTS) is 2. The maximum Gasteiger partial charge on any atom is 0.327 e. The second kappa shape index (κ2) is 12.1. The van der Waals surface area contributed by atoms with Gasteiger partial charge in [0.25, 0.3) is 5.24 Å². The van der Waals surface area contributed by atoms with E-state index in [1.54, 1.807) is 0 Å². The van der Waals surface area contributed by atoms with Crippen LogP contribution >= 0.6 is 11.8 Å². The Kier molecular flexibility index (Phi) is 9.54. The van der Waals surface area contributed by atoms with Crippen molar-refractivity contribution in [3.63, 3.8) is 0 Å². The Balaban J connectivity index is 1.39. The maximum absolute atomic E-state index is 12.7. The van der Waals surface area contributed by atoms with Crippen LogP contribution in [0.25, 0.3) is 0 Å². The lowest BCUT2D eigenvalue weighted by Crippen LogP contribution is -2.47. The molecule has 2 heterocycles. The summed E-state index contributed by atoms with van der Waals surface area (Å²) in [5.74, 6) is -3.17. The van der Waals surface area contributed by atoms with E-state index in [1.165, 1.54) is 19.3 Å². The van der Waals surface area contributed by atoms with Gasteiger partial charge >= 0.3 is 11.9 Å². The minimum absolute atomic E-state index is 0.200. The third-order valence-electron chi connectivity index (χ3n) is 6.87. The fourth-order valence-corrected chi connectivity index (χ4v) is 6.08. The number of imide groups is 1. The molecule has 10 nitrogen and oxygen atoms in total. The lowest BCUT2D eigenvalue weighted by molar-refractivity contribution is -0.151. The van der Waals surface area contributed by atoms with Crippen molar-refractivity contribution in [1.29, 1.82) is 0 Å². The van der Waals surface area contributed by atoms with Gasteiger partial charge in [-0.05, 0) is 70.9 Å². The van der Waals surface area contributed by atoms with Crippen LogP contribution in [0.2, 0.25) is 0 Å².